The molecular formula is C22H24N2O2S2. The fourth-order valence-electron chi connectivity index (χ4n) is 3.44. The van der Waals surface area contributed by atoms with Crippen molar-refractivity contribution in [2.75, 3.05) is 12.4 Å². The molecule has 1 fully saturated rings. The number of hydrogen-bond donors (Lipinski definition) is 0. The standard InChI is InChI=1S/C22H24N2O2S2/c25-20(21-11-6-13-27-21)10-5-14-28-22-23-15-19(17-7-2-1-3-8-17)24(22)16-18-9-4-12-26-18/h1-3,6-8,11,13,15,18H,4-5,9-10,12,14,16H2. The Hall–Kier alpha value is -1.89. The SMILES string of the molecule is O=C(CCCSc1ncc(-c2ccccc2)n1CC1CCCO1)c1cccs1. The maximum atomic E-state index is 12.2. The first-order chi connectivity index (χ1) is 13.8. The number of Topliss-reactive ketones (excluding diaryl/α,β-unsaturated/α-hetero) is 1. The molecular weight excluding hydrogens is 388 g/mol. The first-order valence-corrected chi connectivity index (χ1v) is 11.6. The number of imidazole rings is 1. The summed E-state index contributed by atoms with van der Waals surface area (Å²) in [6, 6.07) is 14.2. The summed E-state index contributed by atoms with van der Waals surface area (Å²) >= 11 is 3.25. The molecule has 4 rings (SSSR count). The molecule has 1 aromatic carbocycles. The van der Waals surface area contributed by atoms with Gasteiger partial charge in [0, 0.05) is 18.8 Å². The van der Waals surface area contributed by atoms with Gasteiger partial charge in [-0.3, -0.25) is 4.79 Å². The van der Waals surface area contributed by atoms with E-state index in [0.717, 1.165) is 53.9 Å². The molecule has 6 heteroatoms. The number of hydrogen-bond acceptors (Lipinski definition) is 5. The Kier molecular flexibility index (Phi) is 6.62. The van der Waals surface area contributed by atoms with E-state index in [4.69, 9.17) is 4.74 Å². The molecule has 3 aromatic rings. The average Bonchev–Trinajstić information content (AvgIpc) is 3.49. The number of thioether (sulfide) groups is 1. The molecule has 1 aliphatic heterocycles. The predicted molar refractivity (Wildman–Crippen MR) is 115 cm³/mol. The minimum absolute atomic E-state index is 0.239. The fraction of sp³-hybridized carbons (Fsp3) is 0.364. The lowest BCUT2D eigenvalue weighted by molar-refractivity contribution is 0.0953. The largest absolute Gasteiger partial charge is 0.376 e. The van der Waals surface area contributed by atoms with Crippen molar-refractivity contribution in [1.82, 2.24) is 9.55 Å². The molecule has 1 aliphatic rings. The zero-order valence-corrected chi connectivity index (χ0v) is 17.4. The Labute approximate surface area is 174 Å². The minimum atomic E-state index is 0.239. The summed E-state index contributed by atoms with van der Waals surface area (Å²) in [5.41, 5.74) is 2.31. The van der Waals surface area contributed by atoms with Gasteiger partial charge in [-0.1, -0.05) is 48.2 Å². The van der Waals surface area contributed by atoms with Gasteiger partial charge in [0.25, 0.3) is 0 Å². The van der Waals surface area contributed by atoms with Gasteiger partial charge in [0.1, 0.15) is 0 Å². The van der Waals surface area contributed by atoms with E-state index in [1.165, 1.54) is 16.9 Å². The molecule has 28 heavy (non-hydrogen) atoms. The van der Waals surface area contributed by atoms with Crippen molar-refractivity contribution in [1.29, 1.82) is 0 Å². The normalized spacial score (nSPS) is 16.5. The van der Waals surface area contributed by atoms with Crippen LogP contribution in [0.25, 0.3) is 11.3 Å². The Morgan fingerprint density at radius 3 is 2.89 bits per heavy atom. The van der Waals surface area contributed by atoms with E-state index in [1.807, 2.05) is 29.8 Å². The van der Waals surface area contributed by atoms with Gasteiger partial charge in [0.2, 0.25) is 0 Å². The van der Waals surface area contributed by atoms with Gasteiger partial charge in [-0.15, -0.1) is 11.3 Å². The summed E-state index contributed by atoms with van der Waals surface area (Å²) in [5, 5.41) is 2.97. The monoisotopic (exact) mass is 412 g/mol. The minimum Gasteiger partial charge on any atom is -0.376 e. The molecule has 4 nitrogen and oxygen atoms in total. The molecule has 1 atom stereocenters. The number of rotatable bonds is 9. The van der Waals surface area contributed by atoms with Crippen LogP contribution in [0.15, 0.2) is 59.2 Å². The van der Waals surface area contributed by atoms with Gasteiger partial charge >= 0.3 is 0 Å². The number of benzene rings is 1. The molecule has 2 aromatic heterocycles. The van der Waals surface area contributed by atoms with Gasteiger partial charge < -0.3 is 9.30 Å². The number of ketones is 1. The van der Waals surface area contributed by atoms with E-state index in [0.29, 0.717) is 6.42 Å². The summed E-state index contributed by atoms with van der Waals surface area (Å²) in [5.74, 6) is 1.12. The van der Waals surface area contributed by atoms with Crippen molar-refractivity contribution < 1.29 is 9.53 Å². The molecule has 146 valence electrons. The summed E-state index contributed by atoms with van der Waals surface area (Å²) in [4.78, 5) is 17.7. The number of aromatic nitrogens is 2. The summed E-state index contributed by atoms with van der Waals surface area (Å²) in [7, 11) is 0. The molecule has 0 aliphatic carbocycles. The van der Waals surface area contributed by atoms with Crippen molar-refractivity contribution in [2.24, 2.45) is 0 Å². The molecule has 0 saturated carbocycles. The van der Waals surface area contributed by atoms with Crippen LogP contribution in [0.1, 0.15) is 35.4 Å². The summed E-state index contributed by atoms with van der Waals surface area (Å²) in [6.07, 6.45) is 5.90. The zero-order valence-electron chi connectivity index (χ0n) is 15.8. The second-order valence-corrected chi connectivity index (χ2v) is 8.90. The lowest BCUT2D eigenvalue weighted by Crippen LogP contribution is -2.16. The molecule has 0 bridgehead atoms. The van der Waals surface area contributed by atoms with Gasteiger partial charge in [-0.05, 0) is 36.3 Å². The summed E-state index contributed by atoms with van der Waals surface area (Å²) in [6.45, 7) is 1.69. The van der Waals surface area contributed by atoms with Gasteiger partial charge in [-0.2, -0.15) is 0 Å². The number of ether oxygens (including phenoxy) is 1. The second-order valence-electron chi connectivity index (χ2n) is 6.89. The van der Waals surface area contributed by atoms with E-state index in [1.54, 1.807) is 11.8 Å². The van der Waals surface area contributed by atoms with Crippen LogP contribution < -0.4 is 0 Å². The fourth-order valence-corrected chi connectivity index (χ4v) is 5.06. The van der Waals surface area contributed by atoms with E-state index in [2.05, 4.69) is 33.8 Å². The summed E-state index contributed by atoms with van der Waals surface area (Å²) < 4.78 is 8.16. The van der Waals surface area contributed by atoms with Crippen LogP contribution in [0.3, 0.4) is 0 Å². The van der Waals surface area contributed by atoms with E-state index in [9.17, 15) is 4.79 Å². The van der Waals surface area contributed by atoms with E-state index < -0.39 is 0 Å². The topological polar surface area (TPSA) is 44.1 Å². The van der Waals surface area contributed by atoms with Crippen molar-refractivity contribution in [3.05, 3.63) is 58.9 Å². The quantitative estimate of drug-likeness (QED) is 0.263. The van der Waals surface area contributed by atoms with E-state index >= 15 is 0 Å². The van der Waals surface area contributed by atoms with Crippen molar-refractivity contribution in [3.63, 3.8) is 0 Å². The second kappa shape index (κ2) is 9.54. The van der Waals surface area contributed by atoms with Crippen LogP contribution in [-0.2, 0) is 11.3 Å². The highest BCUT2D eigenvalue weighted by atomic mass is 32.2. The van der Waals surface area contributed by atoms with Crippen LogP contribution in [0, 0.1) is 0 Å². The van der Waals surface area contributed by atoms with Crippen LogP contribution in [0.2, 0.25) is 0 Å². The van der Waals surface area contributed by atoms with Gasteiger partial charge in [0.05, 0.1) is 29.4 Å². The Morgan fingerprint density at radius 1 is 1.25 bits per heavy atom. The van der Waals surface area contributed by atoms with Crippen molar-refractivity contribution in [3.8, 4) is 11.3 Å². The number of carbonyl (C=O) groups is 1. The van der Waals surface area contributed by atoms with Gasteiger partial charge in [-0.25, -0.2) is 4.98 Å². The molecule has 0 spiro atoms. The molecule has 0 amide bonds. The zero-order chi connectivity index (χ0) is 19.2. The molecule has 0 N–H and O–H groups in total. The smallest absolute Gasteiger partial charge is 0.172 e. The lowest BCUT2D eigenvalue weighted by Gasteiger charge is -2.16. The average molecular weight is 413 g/mol. The highest BCUT2D eigenvalue weighted by molar-refractivity contribution is 7.99. The molecule has 3 heterocycles. The van der Waals surface area contributed by atoms with Crippen LogP contribution >= 0.6 is 23.1 Å². The third-order valence-corrected chi connectivity index (χ3v) is 6.86. The number of nitrogens with zero attached hydrogens (tertiary/aromatic N) is 2. The molecule has 1 saturated heterocycles. The Morgan fingerprint density at radius 2 is 2.14 bits per heavy atom. The highest BCUT2D eigenvalue weighted by Crippen LogP contribution is 2.29. The maximum Gasteiger partial charge on any atom is 0.172 e. The molecule has 0 radical (unpaired) electrons. The predicted octanol–water partition coefficient (Wildman–Crippen LogP) is 5.55. The van der Waals surface area contributed by atoms with Crippen LogP contribution in [0.5, 0.6) is 0 Å². The highest BCUT2D eigenvalue weighted by Gasteiger charge is 2.20. The van der Waals surface area contributed by atoms with Crippen LogP contribution in [0.4, 0.5) is 0 Å². The third kappa shape index (κ3) is 4.74. The first-order valence-electron chi connectivity index (χ1n) is 9.73. The third-order valence-electron chi connectivity index (χ3n) is 4.87. The molecule has 1 unspecified atom stereocenters. The van der Waals surface area contributed by atoms with E-state index in [-0.39, 0.29) is 11.9 Å². The Balaban J connectivity index is 1.42. The van der Waals surface area contributed by atoms with Crippen molar-refractivity contribution >= 4 is 28.9 Å². The number of carbonyl (C=O) groups excluding carboxylic acids is 1. The number of thiophene rings is 1. The maximum absolute atomic E-state index is 12.2. The van der Waals surface area contributed by atoms with Crippen molar-refractivity contribution in [2.45, 2.75) is 43.5 Å². The van der Waals surface area contributed by atoms with Crippen LogP contribution in [-0.4, -0.2) is 33.8 Å². The van der Waals surface area contributed by atoms with Gasteiger partial charge in [0.15, 0.2) is 10.9 Å². The Bertz CT molecular complexity index is 885. The first kappa shape index (κ1) is 19.4. The lowest BCUT2D eigenvalue weighted by atomic mass is 10.1.